The Morgan fingerprint density at radius 3 is 2.71 bits per heavy atom. The van der Waals surface area contributed by atoms with Gasteiger partial charge in [-0.1, -0.05) is 12.1 Å². The van der Waals surface area contributed by atoms with Crippen LogP contribution in [0.2, 0.25) is 0 Å². The Bertz CT molecular complexity index is 596. The van der Waals surface area contributed by atoms with Gasteiger partial charge in [0.05, 0.1) is 12.5 Å². The molecule has 2 fully saturated rings. The number of anilines is 1. The van der Waals surface area contributed by atoms with E-state index in [1.807, 2.05) is 36.1 Å². The Labute approximate surface area is 144 Å². The van der Waals surface area contributed by atoms with Crippen molar-refractivity contribution in [3.8, 4) is 0 Å². The molecule has 3 rings (SSSR count). The van der Waals surface area contributed by atoms with Gasteiger partial charge in [-0.25, -0.2) is 0 Å². The summed E-state index contributed by atoms with van der Waals surface area (Å²) in [5, 5.41) is 2.94. The van der Waals surface area contributed by atoms with Gasteiger partial charge in [-0.2, -0.15) is 0 Å². The third-order valence-corrected chi connectivity index (χ3v) is 4.96. The minimum Gasteiger partial charge on any atom is -0.342 e. The van der Waals surface area contributed by atoms with Crippen molar-refractivity contribution >= 4 is 17.5 Å². The number of nitrogens with zero attached hydrogens (tertiary/aromatic N) is 2. The lowest BCUT2D eigenvalue weighted by Crippen LogP contribution is -2.41. The highest BCUT2D eigenvalue weighted by atomic mass is 16.2. The number of likely N-dealkylation sites (tertiary alicyclic amines) is 2. The molecular formula is C19H27N3O2. The summed E-state index contributed by atoms with van der Waals surface area (Å²) in [4.78, 5) is 28.9. The quantitative estimate of drug-likeness (QED) is 0.922. The molecule has 2 heterocycles. The van der Waals surface area contributed by atoms with Gasteiger partial charge in [-0.15, -0.1) is 0 Å². The first-order chi connectivity index (χ1) is 11.6. The third-order valence-electron chi connectivity index (χ3n) is 4.96. The fourth-order valence-corrected chi connectivity index (χ4v) is 3.68. The second-order valence-corrected chi connectivity index (χ2v) is 7.02. The maximum atomic E-state index is 12.6. The number of nitrogens with one attached hydrogen (secondary N) is 1. The maximum absolute atomic E-state index is 12.6. The molecule has 2 amide bonds. The Morgan fingerprint density at radius 1 is 1.17 bits per heavy atom. The van der Waals surface area contributed by atoms with E-state index >= 15 is 0 Å². The van der Waals surface area contributed by atoms with E-state index in [1.165, 1.54) is 6.42 Å². The van der Waals surface area contributed by atoms with Gasteiger partial charge < -0.3 is 10.2 Å². The predicted molar refractivity (Wildman–Crippen MR) is 94.8 cm³/mol. The van der Waals surface area contributed by atoms with E-state index in [1.54, 1.807) is 0 Å². The van der Waals surface area contributed by atoms with Crippen LogP contribution in [0.3, 0.4) is 0 Å². The number of hydrogen-bond acceptors (Lipinski definition) is 3. The zero-order chi connectivity index (χ0) is 16.9. The molecule has 2 aliphatic heterocycles. The van der Waals surface area contributed by atoms with Gasteiger partial charge in [0.25, 0.3) is 0 Å². The summed E-state index contributed by atoms with van der Waals surface area (Å²) in [6.07, 6.45) is 4.36. The highest BCUT2D eigenvalue weighted by Crippen LogP contribution is 2.21. The smallest absolute Gasteiger partial charge is 0.238 e. The number of benzene rings is 1. The van der Waals surface area contributed by atoms with Crippen LogP contribution in [0.4, 0.5) is 5.69 Å². The topological polar surface area (TPSA) is 52.7 Å². The fraction of sp³-hybridized carbons (Fsp3) is 0.579. The number of piperidine rings is 1. The highest BCUT2D eigenvalue weighted by molar-refractivity contribution is 5.92. The SMILES string of the molecule is Cc1cccc(NC(=O)CN2CCC(C(=O)N3CCCCC3)C2)c1. The second-order valence-electron chi connectivity index (χ2n) is 7.02. The van der Waals surface area contributed by atoms with Crippen LogP contribution >= 0.6 is 0 Å². The molecule has 5 heteroatoms. The van der Waals surface area contributed by atoms with Crippen LogP contribution < -0.4 is 5.32 Å². The summed E-state index contributed by atoms with van der Waals surface area (Å²) >= 11 is 0. The van der Waals surface area contributed by atoms with Gasteiger partial charge in [-0.3, -0.25) is 14.5 Å². The normalized spacial score (nSPS) is 21.7. The first-order valence-corrected chi connectivity index (χ1v) is 8.99. The molecule has 24 heavy (non-hydrogen) atoms. The molecular weight excluding hydrogens is 302 g/mol. The summed E-state index contributed by atoms with van der Waals surface area (Å²) in [5.41, 5.74) is 1.96. The largest absolute Gasteiger partial charge is 0.342 e. The standard InChI is InChI=1S/C19H27N3O2/c1-15-6-5-7-17(12-15)20-18(23)14-21-11-8-16(13-21)19(24)22-9-3-2-4-10-22/h5-7,12,16H,2-4,8-11,13-14H2,1H3,(H,20,23). The lowest BCUT2D eigenvalue weighted by molar-refractivity contribution is -0.136. The van der Waals surface area contributed by atoms with E-state index in [0.717, 1.165) is 50.1 Å². The lowest BCUT2D eigenvalue weighted by atomic mass is 10.0. The zero-order valence-electron chi connectivity index (χ0n) is 14.5. The molecule has 0 aromatic heterocycles. The van der Waals surface area contributed by atoms with Crippen molar-refractivity contribution < 1.29 is 9.59 Å². The fourth-order valence-electron chi connectivity index (χ4n) is 3.68. The molecule has 5 nitrogen and oxygen atoms in total. The van der Waals surface area contributed by atoms with Crippen molar-refractivity contribution in [2.45, 2.75) is 32.6 Å². The van der Waals surface area contributed by atoms with Gasteiger partial charge in [0.2, 0.25) is 11.8 Å². The Kier molecular flexibility index (Phi) is 5.51. The highest BCUT2D eigenvalue weighted by Gasteiger charge is 2.32. The predicted octanol–water partition coefficient (Wildman–Crippen LogP) is 2.27. The molecule has 1 unspecified atom stereocenters. The van der Waals surface area contributed by atoms with E-state index in [2.05, 4.69) is 10.2 Å². The summed E-state index contributed by atoms with van der Waals surface area (Å²) in [5.74, 6) is 0.345. The average molecular weight is 329 g/mol. The molecule has 0 spiro atoms. The van der Waals surface area contributed by atoms with Crippen molar-refractivity contribution in [1.29, 1.82) is 0 Å². The van der Waals surface area contributed by atoms with E-state index in [4.69, 9.17) is 0 Å². The molecule has 2 saturated heterocycles. The molecule has 0 saturated carbocycles. The molecule has 1 N–H and O–H groups in total. The molecule has 1 atom stereocenters. The summed E-state index contributed by atoms with van der Waals surface area (Å²) < 4.78 is 0. The van der Waals surface area contributed by atoms with Crippen LogP contribution in [0, 0.1) is 12.8 Å². The Hall–Kier alpha value is -1.88. The number of aryl methyl sites for hydroxylation is 1. The van der Waals surface area contributed by atoms with Crippen molar-refractivity contribution in [3.05, 3.63) is 29.8 Å². The van der Waals surface area contributed by atoms with Crippen molar-refractivity contribution in [1.82, 2.24) is 9.80 Å². The molecule has 1 aromatic rings. The maximum Gasteiger partial charge on any atom is 0.238 e. The number of carbonyl (C=O) groups excluding carboxylic acids is 2. The molecule has 130 valence electrons. The van der Waals surface area contributed by atoms with Crippen LogP contribution in [0.5, 0.6) is 0 Å². The van der Waals surface area contributed by atoms with Gasteiger partial charge in [0, 0.05) is 25.3 Å². The number of amides is 2. The van der Waals surface area contributed by atoms with Crippen molar-refractivity contribution in [3.63, 3.8) is 0 Å². The first kappa shape index (κ1) is 17.0. The number of hydrogen-bond donors (Lipinski definition) is 1. The monoisotopic (exact) mass is 329 g/mol. The average Bonchev–Trinajstić information content (AvgIpc) is 3.03. The summed E-state index contributed by atoms with van der Waals surface area (Å²) in [7, 11) is 0. The van der Waals surface area contributed by atoms with Gasteiger partial charge >= 0.3 is 0 Å². The first-order valence-electron chi connectivity index (χ1n) is 8.99. The van der Waals surface area contributed by atoms with E-state index in [0.29, 0.717) is 13.1 Å². The minimum absolute atomic E-state index is 0.00771. The Morgan fingerprint density at radius 2 is 1.96 bits per heavy atom. The van der Waals surface area contributed by atoms with Crippen LogP contribution in [-0.4, -0.2) is 54.3 Å². The summed E-state index contributed by atoms with van der Waals surface area (Å²) in [6.45, 7) is 5.71. The second kappa shape index (κ2) is 7.79. The molecule has 0 aliphatic carbocycles. The van der Waals surface area contributed by atoms with Gasteiger partial charge in [0.1, 0.15) is 0 Å². The molecule has 2 aliphatic rings. The molecule has 1 aromatic carbocycles. The van der Waals surface area contributed by atoms with Crippen LogP contribution in [0.25, 0.3) is 0 Å². The van der Waals surface area contributed by atoms with E-state index in [-0.39, 0.29) is 17.7 Å². The van der Waals surface area contributed by atoms with Gasteiger partial charge in [-0.05, 0) is 56.8 Å². The van der Waals surface area contributed by atoms with E-state index < -0.39 is 0 Å². The van der Waals surface area contributed by atoms with Crippen LogP contribution in [0.15, 0.2) is 24.3 Å². The van der Waals surface area contributed by atoms with Crippen LogP contribution in [-0.2, 0) is 9.59 Å². The Balaban J connectivity index is 1.47. The van der Waals surface area contributed by atoms with Crippen LogP contribution in [0.1, 0.15) is 31.2 Å². The number of rotatable bonds is 4. The van der Waals surface area contributed by atoms with Gasteiger partial charge in [0.15, 0.2) is 0 Å². The summed E-state index contributed by atoms with van der Waals surface area (Å²) in [6, 6.07) is 7.81. The zero-order valence-corrected chi connectivity index (χ0v) is 14.5. The molecule has 0 bridgehead atoms. The molecule has 0 radical (unpaired) electrons. The third kappa shape index (κ3) is 4.35. The van der Waals surface area contributed by atoms with Crippen molar-refractivity contribution in [2.75, 3.05) is 38.0 Å². The van der Waals surface area contributed by atoms with Crippen molar-refractivity contribution in [2.24, 2.45) is 5.92 Å². The lowest BCUT2D eigenvalue weighted by Gasteiger charge is -2.29. The van der Waals surface area contributed by atoms with E-state index in [9.17, 15) is 9.59 Å². The minimum atomic E-state index is -0.00771. The number of carbonyl (C=O) groups is 2.